The fourth-order valence-corrected chi connectivity index (χ4v) is 3.19. The van der Waals surface area contributed by atoms with Crippen LogP contribution in [-0.2, 0) is 0 Å². The Balaban J connectivity index is 2.78. The van der Waals surface area contributed by atoms with E-state index in [1.165, 1.54) is 12.8 Å². The second-order valence-corrected chi connectivity index (χ2v) is 5.61. The molecule has 18 heavy (non-hydrogen) atoms. The van der Waals surface area contributed by atoms with Crippen LogP contribution >= 0.6 is 0 Å². The molecule has 1 saturated carbocycles. The predicted molar refractivity (Wildman–Crippen MR) is 75.5 cm³/mol. The van der Waals surface area contributed by atoms with E-state index in [2.05, 4.69) is 19.2 Å². The van der Waals surface area contributed by atoms with Gasteiger partial charge in [-0.1, -0.05) is 26.7 Å². The Morgan fingerprint density at radius 2 is 2.22 bits per heavy atom. The van der Waals surface area contributed by atoms with Crippen molar-refractivity contribution >= 4 is 6.03 Å². The minimum absolute atomic E-state index is 0.0545. The summed E-state index contributed by atoms with van der Waals surface area (Å²) in [5.41, 5.74) is 5.90. The normalized spacial score (nSPS) is 27.9. The van der Waals surface area contributed by atoms with Crippen LogP contribution in [-0.4, -0.2) is 36.1 Å². The van der Waals surface area contributed by atoms with Crippen molar-refractivity contribution in [3.63, 3.8) is 0 Å². The molecule has 4 nitrogen and oxygen atoms in total. The number of urea groups is 1. The quantitative estimate of drug-likeness (QED) is 0.792. The highest BCUT2D eigenvalue weighted by Crippen LogP contribution is 2.36. The molecule has 0 radical (unpaired) electrons. The molecule has 2 atom stereocenters. The number of amides is 2. The zero-order valence-corrected chi connectivity index (χ0v) is 12.2. The third-order valence-corrected chi connectivity index (χ3v) is 4.11. The SMILES string of the molecule is CCCNC(=O)N(CC)C1(CN)CCCC(C)C1. The lowest BCUT2D eigenvalue weighted by atomic mass is 9.75. The molecule has 0 bridgehead atoms. The smallest absolute Gasteiger partial charge is 0.317 e. The van der Waals surface area contributed by atoms with E-state index < -0.39 is 0 Å². The van der Waals surface area contributed by atoms with Crippen molar-refractivity contribution in [2.75, 3.05) is 19.6 Å². The van der Waals surface area contributed by atoms with Gasteiger partial charge in [-0.2, -0.15) is 0 Å². The number of nitrogens with one attached hydrogen (secondary N) is 1. The van der Waals surface area contributed by atoms with Crippen LogP contribution in [0.25, 0.3) is 0 Å². The van der Waals surface area contributed by atoms with E-state index in [9.17, 15) is 4.79 Å². The van der Waals surface area contributed by atoms with Crippen LogP contribution in [0.4, 0.5) is 4.79 Å². The second kappa shape index (κ2) is 6.98. The fourth-order valence-electron chi connectivity index (χ4n) is 3.19. The molecule has 0 aromatic rings. The molecule has 0 aliphatic heterocycles. The van der Waals surface area contributed by atoms with Crippen LogP contribution in [0.2, 0.25) is 0 Å². The van der Waals surface area contributed by atoms with Gasteiger partial charge in [0.1, 0.15) is 0 Å². The number of carbonyl (C=O) groups is 1. The van der Waals surface area contributed by atoms with Crippen molar-refractivity contribution in [3.8, 4) is 0 Å². The predicted octanol–water partition coefficient (Wildman–Crippen LogP) is 2.34. The molecule has 106 valence electrons. The number of nitrogens with two attached hydrogens (primary N) is 1. The highest BCUT2D eigenvalue weighted by atomic mass is 16.2. The molecule has 0 spiro atoms. The molecule has 1 fully saturated rings. The standard InChI is InChI=1S/C14H29N3O/c1-4-9-16-13(18)17(5-2)14(11-15)8-6-7-12(3)10-14/h12H,4-11,15H2,1-3H3,(H,16,18). The van der Waals surface area contributed by atoms with Crippen LogP contribution < -0.4 is 11.1 Å². The Bertz CT molecular complexity index is 270. The van der Waals surface area contributed by atoms with Crippen molar-refractivity contribution in [3.05, 3.63) is 0 Å². The van der Waals surface area contributed by atoms with E-state index in [1.807, 2.05) is 11.8 Å². The first-order chi connectivity index (χ1) is 8.59. The maximum absolute atomic E-state index is 12.3. The summed E-state index contributed by atoms with van der Waals surface area (Å²) < 4.78 is 0. The van der Waals surface area contributed by atoms with Gasteiger partial charge in [-0.3, -0.25) is 0 Å². The molecule has 4 heteroatoms. The number of hydrogen-bond acceptors (Lipinski definition) is 2. The molecule has 2 amide bonds. The summed E-state index contributed by atoms with van der Waals surface area (Å²) in [7, 11) is 0. The zero-order chi connectivity index (χ0) is 13.6. The van der Waals surface area contributed by atoms with Gasteiger partial charge in [0, 0.05) is 19.6 Å². The minimum atomic E-state index is -0.121. The van der Waals surface area contributed by atoms with Crippen molar-refractivity contribution in [1.29, 1.82) is 0 Å². The average molecular weight is 255 g/mol. The molecular weight excluding hydrogens is 226 g/mol. The van der Waals surface area contributed by atoms with Gasteiger partial charge in [-0.15, -0.1) is 0 Å². The number of hydrogen-bond donors (Lipinski definition) is 2. The monoisotopic (exact) mass is 255 g/mol. The van der Waals surface area contributed by atoms with Gasteiger partial charge in [-0.05, 0) is 32.1 Å². The molecule has 3 N–H and O–H groups in total. The van der Waals surface area contributed by atoms with Crippen molar-refractivity contribution in [1.82, 2.24) is 10.2 Å². The third kappa shape index (κ3) is 3.37. The molecule has 1 rings (SSSR count). The Kier molecular flexibility index (Phi) is 5.93. The van der Waals surface area contributed by atoms with Crippen LogP contribution in [0.3, 0.4) is 0 Å². The number of carbonyl (C=O) groups excluding carboxylic acids is 1. The van der Waals surface area contributed by atoms with Crippen LogP contribution in [0.1, 0.15) is 52.9 Å². The number of likely N-dealkylation sites (N-methyl/N-ethyl adjacent to an activating group) is 1. The molecule has 1 aliphatic rings. The first-order valence-electron chi connectivity index (χ1n) is 7.35. The van der Waals surface area contributed by atoms with Gasteiger partial charge in [0.15, 0.2) is 0 Å². The molecule has 0 aromatic carbocycles. The molecule has 1 aliphatic carbocycles. The highest BCUT2D eigenvalue weighted by Gasteiger charge is 2.40. The maximum Gasteiger partial charge on any atom is 0.317 e. The topological polar surface area (TPSA) is 58.4 Å². The van der Waals surface area contributed by atoms with E-state index in [1.54, 1.807) is 0 Å². The van der Waals surface area contributed by atoms with Crippen molar-refractivity contribution in [2.24, 2.45) is 11.7 Å². The van der Waals surface area contributed by atoms with Gasteiger partial charge < -0.3 is 16.0 Å². The summed E-state index contributed by atoms with van der Waals surface area (Å²) in [5.74, 6) is 0.662. The Labute approximate surface area is 111 Å². The van der Waals surface area contributed by atoms with Gasteiger partial charge in [0.05, 0.1) is 5.54 Å². The zero-order valence-electron chi connectivity index (χ0n) is 12.2. The summed E-state index contributed by atoms with van der Waals surface area (Å²) >= 11 is 0. The molecule has 2 unspecified atom stereocenters. The van der Waals surface area contributed by atoms with Gasteiger partial charge in [0.2, 0.25) is 0 Å². The number of rotatable bonds is 5. The van der Waals surface area contributed by atoms with Crippen LogP contribution in [0.5, 0.6) is 0 Å². The lowest BCUT2D eigenvalue weighted by Gasteiger charge is -2.47. The summed E-state index contributed by atoms with van der Waals surface area (Å²) in [4.78, 5) is 14.2. The first-order valence-corrected chi connectivity index (χ1v) is 7.35. The van der Waals surface area contributed by atoms with E-state index in [0.717, 1.165) is 32.4 Å². The summed E-state index contributed by atoms with van der Waals surface area (Å²) in [5, 5.41) is 2.99. The van der Waals surface area contributed by atoms with Crippen LogP contribution in [0.15, 0.2) is 0 Å². The third-order valence-electron chi connectivity index (χ3n) is 4.11. The van der Waals surface area contributed by atoms with Gasteiger partial charge >= 0.3 is 6.03 Å². The molecule has 0 heterocycles. The second-order valence-electron chi connectivity index (χ2n) is 5.61. The summed E-state index contributed by atoms with van der Waals surface area (Å²) in [6.07, 6.45) is 5.49. The lowest BCUT2D eigenvalue weighted by Crippen LogP contribution is -2.60. The maximum atomic E-state index is 12.3. The summed E-state index contributed by atoms with van der Waals surface area (Å²) in [6.45, 7) is 8.43. The molecule has 0 saturated heterocycles. The Morgan fingerprint density at radius 3 is 2.72 bits per heavy atom. The van der Waals surface area contributed by atoms with E-state index >= 15 is 0 Å². The average Bonchev–Trinajstić information content (AvgIpc) is 2.37. The van der Waals surface area contributed by atoms with Crippen molar-refractivity contribution in [2.45, 2.75) is 58.4 Å². The van der Waals surface area contributed by atoms with Crippen molar-refractivity contribution < 1.29 is 4.79 Å². The van der Waals surface area contributed by atoms with Gasteiger partial charge in [-0.25, -0.2) is 4.79 Å². The van der Waals surface area contributed by atoms with E-state index in [4.69, 9.17) is 5.73 Å². The molecule has 0 aromatic heterocycles. The lowest BCUT2D eigenvalue weighted by molar-refractivity contribution is 0.0697. The minimum Gasteiger partial charge on any atom is -0.338 e. The van der Waals surface area contributed by atoms with Gasteiger partial charge in [0.25, 0.3) is 0 Å². The molecular formula is C14H29N3O. The Hall–Kier alpha value is -0.770. The van der Waals surface area contributed by atoms with Crippen LogP contribution in [0, 0.1) is 5.92 Å². The fraction of sp³-hybridized carbons (Fsp3) is 0.929. The highest BCUT2D eigenvalue weighted by molar-refractivity contribution is 5.75. The van der Waals surface area contributed by atoms with E-state index in [-0.39, 0.29) is 11.6 Å². The number of nitrogens with zero attached hydrogens (tertiary/aromatic N) is 1. The Morgan fingerprint density at radius 1 is 1.50 bits per heavy atom. The summed E-state index contributed by atoms with van der Waals surface area (Å²) in [6, 6.07) is 0.0545. The van der Waals surface area contributed by atoms with E-state index in [0.29, 0.717) is 12.5 Å². The first kappa shape index (κ1) is 15.3. The largest absolute Gasteiger partial charge is 0.338 e.